The first-order chi connectivity index (χ1) is 17.4. The molecule has 0 aromatic heterocycles. The predicted octanol–water partition coefficient (Wildman–Crippen LogP) is 5.66. The van der Waals surface area contributed by atoms with Crippen LogP contribution in [0.15, 0.2) is 112 Å². The lowest BCUT2D eigenvalue weighted by atomic mass is 9.80. The van der Waals surface area contributed by atoms with Gasteiger partial charge in [-0.3, -0.25) is 0 Å². The molecular weight excluding hydrogens is 490 g/mol. The van der Waals surface area contributed by atoms with E-state index in [1.165, 1.54) is 5.57 Å². The van der Waals surface area contributed by atoms with Gasteiger partial charge in [0.15, 0.2) is 19.7 Å². The lowest BCUT2D eigenvalue weighted by Crippen LogP contribution is -2.45. The van der Waals surface area contributed by atoms with E-state index in [4.69, 9.17) is 0 Å². The molecule has 2 aliphatic rings. The molecule has 1 aliphatic heterocycles. The third kappa shape index (κ3) is 5.13. The third-order valence-electron chi connectivity index (χ3n) is 7.30. The number of nitrogens with zero attached hydrogens (tertiary/aromatic N) is 1. The maximum absolute atomic E-state index is 13.3. The lowest BCUT2D eigenvalue weighted by molar-refractivity contribution is 0.448. The number of sulfone groups is 2. The molecule has 188 valence electrons. The average Bonchev–Trinajstić information content (AvgIpc) is 2.90. The van der Waals surface area contributed by atoms with Crippen LogP contribution in [0.25, 0.3) is 0 Å². The summed E-state index contributed by atoms with van der Waals surface area (Å²) < 4.78 is 53.1. The van der Waals surface area contributed by atoms with Gasteiger partial charge < -0.3 is 4.90 Å². The van der Waals surface area contributed by atoms with Gasteiger partial charge in [-0.05, 0) is 80.0 Å². The van der Waals surface area contributed by atoms with Crippen molar-refractivity contribution in [2.45, 2.75) is 47.9 Å². The summed E-state index contributed by atoms with van der Waals surface area (Å²) in [4.78, 5) is 2.90. The smallest absolute Gasteiger partial charge is 0.180 e. The second-order valence-corrected chi connectivity index (χ2v) is 13.7. The number of anilines is 1. The minimum atomic E-state index is -3.48. The van der Waals surface area contributed by atoms with E-state index < -0.39 is 19.7 Å². The summed E-state index contributed by atoms with van der Waals surface area (Å²) in [6, 6.07) is 27.0. The SMILES string of the molecule is O=S(=O)(CC1CCCC2=C1CC[C@H](CS(=O)(=O)c1ccccc1)N2c1ccccc1)c1ccccc1. The molecule has 0 amide bonds. The number of benzene rings is 3. The molecule has 1 heterocycles. The topological polar surface area (TPSA) is 71.5 Å². The standard InChI is InChI=1S/C29H31NO4S2/c31-35(32,26-14-6-2-7-15-26)21-23-11-10-18-29-28(23)20-19-25(30(29)24-12-4-1-5-13-24)22-36(33,34)27-16-8-3-9-17-27/h1-9,12-17,23,25H,10-11,18-22H2/t23?,25-/m1/s1. The molecule has 5 rings (SSSR count). The van der Waals surface area contributed by atoms with Crippen LogP contribution in [0.2, 0.25) is 0 Å². The summed E-state index contributed by atoms with van der Waals surface area (Å²) in [5.41, 5.74) is 3.25. The molecule has 0 fully saturated rings. The summed E-state index contributed by atoms with van der Waals surface area (Å²) in [7, 11) is -6.90. The highest BCUT2D eigenvalue weighted by Crippen LogP contribution is 2.43. The zero-order valence-electron chi connectivity index (χ0n) is 20.2. The maximum atomic E-state index is 13.3. The monoisotopic (exact) mass is 521 g/mol. The summed E-state index contributed by atoms with van der Waals surface area (Å²) in [5, 5.41) is 0. The lowest BCUT2D eigenvalue weighted by Gasteiger charge is -2.44. The van der Waals surface area contributed by atoms with Crippen LogP contribution in [0.5, 0.6) is 0 Å². The van der Waals surface area contributed by atoms with E-state index in [0.717, 1.165) is 37.1 Å². The van der Waals surface area contributed by atoms with Gasteiger partial charge in [-0.25, -0.2) is 16.8 Å². The molecule has 1 unspecified atom stereocenters. The van der Waals surface area contributed by atoms with Crippen molar-refractivity contribution < 1.29 is 16.8 Å². The van der Waals surface area contributed by atoms with Gasteiger partial charge in [-0.1, -0.05) is 54.6 Å². The molecule has 2 atom stereocenters. The van der Waals surface area contributed by atoms with Crippen molar-refractivity contribution in [3.8, 4) is 0 Å². The van der Waals surface area contributed by atoms with Crippen molar-refractivity contribution in [1.29, 1.82) is 0 Å². The summed E-state index contributed by atoms with van der Waals surface area (Å²) >= 11 is 0. The van der Waals surface area contributed by atoms with E-state index in [2.05, 4.69) is 4.90 Å². The first-order valence-corrected chi connectivity index (χ1v) is 15.8. The van der Waals surface area contributed by atoms with Crippen molar-refractivity contribution in [3.63, 3.8) is 0 Å². The van der Waals surface area contributed by atoms with Crippen LogP contribution in [-0.4, -0.2) is 34.4 Å². The van der Waals surface area contributed by atoms with Gasteiger partial charge in [-0.15, -0.1) is 0 Å². The zero-order valence-corrected chi connectivity index (χ0v) is 21.8. The molecule has 0 saturated heterocycles. The Kier molecular flexibility index (Phi) is 7.04. The van der Waals surface area contributed by atoms with Gasteiger partial charge in [0.05, 0.1) is 21.3 Å². The van der Waals surface area contributed by atoms with E-state index in [-0.39, 0.29) is 23.5 Å². The largest absolute Gasteiger partial charge is 0.341 e. The van der Waals surface area contributed by atoms with Crippen LogP contribution >= 0.6 is 0 Å². The highest BCUT2D eigenvalue weighted by molar-refractivity contribution is 7.91. The van der Waals surface area contributed by atoms with Crippen LogP contribution in [0, 0.1) is 5.92 Å². The number of hydrogen-bond donors (Lipinski definition) is 0. The van der Waals surface area contributed by atoms with Crippen molar-refractivity contribution in [2.75, 3.05) is 16.4 Å². The fourth-order valence-electron chi connectivity index (χ4n) is 5.64. The van der Waals surface area contributed by atoms with Crippen molar-refractivity contribution >= 4 is 25.4 Å². The third-order valence-corrected chi connectivity index (χ3v) is 10.9. The van der Waals surface area contributed by atoms with Gasteiger partial charge >= 0.3 is 0 Å². The summed E-state index contributed by atoms with van der Waals surface area (Å²) in [5.74, 6) is 0.0538. The van der Waals surface area contributed by atoms with Gasteiger partial charge in [0.1, 0.15) is 0 Å². The summed E-state index contributed by atoms with van der Waals surface area (Å²) in [6.07, 6.45) is 3.94. The van der Waals surface area contributed by atoms with Crippen LogP contribution in [0.4, 0.5) is 5.69 Å². The van der Waals surface area contributed by atoms with E-state index in [0.29, 0.717) is 16.2 Å². The van der Waals surface area contributed by atoms with E-state index in [1.807, 2.05) is 42.5 Å². The van der Waals surface area contributed by atoms with Crippen molar-refractivity contribution in [2.24, 2.45) is 5.92 Å². The van der Waals surface area contributed by atoms with Gasteiger partial charge in [0, 0.05) is 17.4 Å². The molecule has 5 nitrogen and oxygen atoms in total. The molecule has 1 aliphatic carbocycles. The second-order valence-electron chi connectivity index (χ2n) is 9.65. The molecule has 0 spiro atoms. The summed E-state index contributed by atoms with van der Waals surface area (Å²) in [6.45, 7) is 0. The van der Waals surface area contributed by atoms with Gasteiger partial charge in [0.25, 0.3) is 0 Å². The average molecular weight is 522 g/mol. The van der Waals surface area contributed by atoms with Crippen LogP contribution < -0.4 is 4.90 Å². The molecule has 36 heavy (non-hydrogen) atoms. The Morgan fingerprint density at radius 1 is 0.639 bits per heavy atom. The van der Waals surface area contributed by atoms with Gasteiger partial charge in [0.2, 0.25) is 0 Å². The Morgan fingerprint density at radius 2 is 1.17 bits per heavy atom. The fourth-order valence-corrected chi connectivity index (χ4v) is 8.89. The minimum absolute atomic E-state index is 0.0235. The van der Waals surface area contributed by atoms with Crippen LogP contribution in [0.1, 0.15) is 32.1 Å². The van der Waals surface area contributed by atoms with Crippen LogP contribution in [-0.2, 0) is 19.7 Å². The van der Waals surface area contributed by atoms with Crippen LogP contribution in [0.3, 0.4) is 0 Å². The normalized spacial score (nSPS) is 20.7. The fraction of sp³-hybridized carbons (Fsp3) is 0.310. The molecular formula is C29H31NO4S2. The Morgan fingerprint density at radius 3 is 1.75 bits per heavy atom. The highest BCUT2D eigenvalue weighted by atomic mass is 32.2. The number of para-hydroxylation sites is 1. The minimum Gasteiger partial charge on any atom is -0.341 e. The molecule has 3 aromatic carbocycles. The van der Waals surface area contributed by atoms with E-state index >= 15 is 0 Å². The first-order valence-electron chi connectivity index (χ1n) is 12.5. The molecule has 0 radical (unpaired) electrons. The number of rotatable bonds is 7. The zero-order chi connectivity index (χ0) is 25.2. The Hall–Kier alpha value is -2.90. The highest BCUT2D eigenvalue weighted by Gasteiger charge is 2.38. The molecule has 0 bridgehead atoms. The van der Waals surface area contributed by atoms with Gasteiger partial charge in [-0.2, -0.15) is 0 Å². The Balaban J connectivity index is 1.50. The Bertz CT molecular complexity index is 1430. The number of allylic oxidation sites excluding steroid dienone is 2. The predicted molar refractivity (Wildman–Crippen MR) is 143 cm³/mol. The first kappa shape index (κ1) is 24.8. The van der Waals surface area contributed by atoms with Crippen molar-refractivity contribution in [3.05, 3.63) is 102 Å². The molecule has 0 N–H and O–H groups in total. The van der Waals surface area contributed by atoms with E-state index in [9.17, 15) is 16.8 Å². The molecule has 7 heteroatoms. The second kappa shape index (κ2) is 10.2. The quantitative estimate of drug-likeness (QED) is 0.401. The molecule has 0 saturated carbocycles. The Labute approximate surface area is 214 Å². The van der Waals surface area contributed by atoms with Crippen molar-refractivity contribution in [1.82, 2.24) is 0 Å². The van der Waals surface area contributed by atoms with E-state index in [1.54, 1.807) is 48.5 Å². The molecule has 3 aromatic rings. The maximum Gasteiger partial charge on any atom is 0.180 e. The number of hydrogen-bond acceptors (Lipinski definition) is 5.